The van der Waals surface area contributed by atoms with Gasteiger partial charge in [-0.25, -0.2) is 14.3 Å². The maximum absolute atomic E-state index is 10.6. The van der Waals surface area contributed by atoms with Crippen molar-refractivity contribution in [3.05, 3.63) is 84.6 Å². The van der Waals surface area contributed by atoms with Crippen LogP contribution in [0.1, 0.15) is 30.1 Å². The van der Waals surface area contributed by atoms with E-state index in [0.29, 0.717) is 5.92 Å². The third kappa shape index (κ3) is 6.42. The molecule has 4 aromatic rings. The molecule has 0 aliphatic carbocycles. The molecule has 0 amide bonds. The minimum absolute atomic E-state index is 0.435. The molecule has 3 aromatic heterocycles. The average Bonchev–Trinajstić information content (AvgIpc) is 3.29. The molecular weight excluding hydrogens is 459 g/mol. The summed E-state index contributed by atoms with van der Waals surface area (Å²) in [5.74, 6) is -1.34. The van der Waals surface area contributed by atoms with E-state index in [-0.39, 0.29) is 0 Å². The van der Waals surface area contributed by atoms with Gasteiger partial charge >= 0.3 is 12.1 Å². The van der Waals surface area contributed by atoms with Crippen LogP contribution in [-0.2, 0) is 11.3 Å². The molecule has 1 aromatic carbocycles. The first kappa shape index (κ1) is 24.3. The highest BCUT2D eigenvalue weighted by Crippen LogP contribution is 2.27. The standard InChI is InChI=1S/C23H23N5.C2HF3O2/c1-2-6-19(7-3-1)21-8-9-22-25-23(26-28(22)17-21)20-10-13-27(14-11-20)16-18-5-4-12-24-15-18;3-2(4,5)1(6)7/h1-9,12,15,17,20H,10-11,13-14,16H2;(H,6,7). The topological polar surface area (TPSA) is 83.6 Å². The molecule has 0 atom stereocenters. The molecular formula is C25H24F3N5O2. The van der Waals surface area contributed by atoms with E-state index in [1.54, 1.807) is 0 Å². The summed E-state index contributed by atoms with van der Waals surface area (Å²) in [6, 6.07) is 18.7. The monoisotopic (exact) mass is 483 g/mol. The number of rotatable bonds is 4. The number of carboxylic acids is 1. The third-order valence-corrected chi connectivity index (χ3v) is 5.78. The van der Waals surface area contributed by atoms with Crippen molar-refractivity contribution in [3.63, 3.8) is 0 Å². The summed E-state index contributed by atoms with van der Waals surface area (Å²) < 4.78 is 33.7. The molecule has 0 spiro atoms. The lowest BCUT2D eigenvalue weighted by atomic mass is 9.96. The Hall–Kier alpha value is -3.79. The van der Waals surface area contributed by atoms with Gasteiger partial charge in [0.25, 0.3) is 0 Å². The number of fused-ring (bicyclic) bond motifs is 1. The third-order valence-electron chi connectivity index (χ3n) is 5.78. The van der Waals surface area contributed by atoms with Gasteiger partial charge in [-0.1, -0.05) is 36.4 Å². The predicted molar refractivity (Wildman–Crippen MR) is 124 cm³/mol. The molecule has 7 nitrogen and oxygen atoms in total. The lowest BCUT2D eigenvalue weighted by Crippen LogP contribution is -2.32. The van der Waals surface area contributed by atoms with Crippen LogP contribution >= 0.6 is 0 Å². The molecule has 0 radical (unpaired) electrons. The number of carbonyl (C=O) groups is 1. The van der Waals surface area contributed by atoms with Crippen molar-refractivity contribution in [3.8, 4) is 11.1 Å². The molecule has 10 heteroatoms. The van der Waals surface area contributed by atoms with Gasteiger partial charge in [-0.2, -0.15) is 18.3 Å². The molecule has 1 aliphatic heterocycles. The molecule has 182 valence electrons. The normalized spacial score (nSPS) is 14.9. The fraction of sp³-hybridized carbons (Fsp3) is 0.280. The largest absolute Gasteiger partial charge is 0.490 e. The highest BCUT2D eigenvalue weighted by Gasteiger charge is 2.38. The van der Waals surface area contributed by atoms with Gasteiger partial charge in [0.05, 0.1) is 0 Å². The van der Waals surface area contributed by atoms with Crippen LogP contribution in [0.5, 0.6) is 0 Å². The number of carboxylic acid groups (broad SMARTS) is 1. The second kappa shape index (κ2) is 10.6. The number of benzene rings is 1. The molecule has 35 heavy (non-hydrogen) atoms. The van der Waals surface area contributed by atoms with Gasteiger partial charge in [0.2, 0.25) is 0 Å². The van der Waals surface area contributed by atoms with Crippen LogP contribution in [0, 0.1) is 0 Å². The van der Waals surface area contributed by atoms with Crippen LogP contribution in [0.4, 0.5) is 13.2 Å². The highest BCUT2D eigenvalue weighted by atomic mass is 19.4. The summed E-state index contributed by atoms with van der Waals surface area (Å²) in [6.07, 6.45) is 2.98. The van der Waals surface area contributed by atoms with Gasteiger partial charge in [-0.05, 0) is 55.3 Å². The van der Waals surface area contributed by atoms with Crippen LogP contribution in [0.2, 0.25) is 0 Å². The van der Waals surface area contributed by atoms with Crippen LogP contribution in [0.25, 0.3) is 16.8 Å². The Morgan fingerprint density at radius 1 is 1.00 bits per heavy atom. The van der Waals surface area contributed by atoms with E-state index in [0.717, 1.165) is 49.5 Å². The smallest absolute Gasteiger partial charge is 0.475 e. The van der Waals surface area contributed by atoms with E-state index < -0.39 is 12.1 Å². The quantitative estimate of drug-likeness (QED) is 0.449. The van der Waals surface area contributed by atoms with Crippen molar-refractivity contribution in [1.29, 1.82) is 0 Å². The van der Waals surface area contributed by atoms with E-state index in [2.05, 4.69) is 58.5 Å². The van der Waals surface area contributed by atoms with E-state index in [1.807, 2.05) is 29.0 Å². The number of piperidine rings is 1. The SMILES string of the molecule is O=C(O)C(F)(F)F.c1ccc(-c2ccc3nc(C4CCN(Cc5cccnc5)CC4)nn3c2)cc1. The summed E-state index contributed by atoms with van der Waals surface area (Å²) in [6.45, 7) is 3.12. The average molecular weight is 483 g/mol. The highest BCUT2D eigenvalue weighted by molar-refractivity contribution is 5.73. The molecule has 0 saturated carbocycles. The summed E-state index contributed by atoms with van der Waals surface area (Å²) in [4.78, 5) is 20.4. The first-order valence-electron chi connectivity index (χ1n) is 11.1. The van der Waals surface area contributed by atoms with Crippen LogP contribution in [0.15, 0.2) is 73.2 Å². The van der Waals surface area contributed by atoms with Gasteiger partial charge in [-0.3, -0.25) is 9.88 Å². The zero-order valence-electron chi connectivity index (χ0n) is 18.8. The van der Waals surface area contributed by atoms with Crippen molar-refractivity contribution >= 4 is 11.6 Å². The molecule has 1 aliphatic rings. The second-order valence-electron chi connectivity index (χ2n) is 8.27. The number of nitrogens with zero attached hydrogens (tertiary/aromatic N) is 5. The summed E-state index contributed by atoms with van der Waals surface area (Å²) in [5, 5.41) is 11.9. The zero-order valence-corrected chi connectivity index (χ0v) is 18.8. The lowest BCUT2D eigenvalue weighted by Gasteiger charge is -2.30. The number of pyridine rings is 2. The number of aliphatic carboxylic acids is 1. The summed E-state index contributed by atoms with van der Waals surface area (Å²) >= 11 is 0. The van der Waals surface area contributed by atoms with Gasteiger partial charge in [0.15, 0.2) is 11.5 Å². The molecule has 5 rings (SSSR count). The zero-order chi connectivity index (χ0) is 24.8. The number of alkyl halides is 3. The molecule has 1 N–H and O–H groups in total. The maximum Gasteiger partial charge on any atom is 0.490 e. The Morgan fingerprint density at radius 3 is 2.34 bits per heavy atom. The lowest BCUT2D eigenvalue weighted by molar-refractivity contribution is -0.192. The van der Waals surface area contributed by atoms with Gasteiger partial charge < -0.3 is 5.11 Å². The van der Waals surface area contributed by atoms with Crippen molar-refractivity contribution < 1.29 is 23.1 Å². The Kier molecular flexibility index (Phi) is 7.40. The van der Waals surface area contributed by atoms with E-state index in [9.17, 15) is 13.2 Å². The Bertz CT molecular complexity index is 1250. The van der Waals surface area contributed by atoms with Gasteiger partial charge in [0, 0.05) is 36.6 Å². The van der Waals surface area contributed by atoms with Gasteiger partial charge in [-0.15, -0.1) is 0 Å². The van der Waals surface area contributed by atoms with E-state index in [1.165, 1.54) is 11.1 Å². The molecule has 0 unspecified atom stereocenters. The molecule has 0 bridgehead atoms. The van der Waals surface area contributed by atoms with Crippen molar-refractivity contribution in [2.24, 2.45) is 0 Å². The number of hydrogen-bond acceptors (Lipinski definition) is 5. The minimum Gasteiger partial charge on any atom is -0.475 e. The Balaban J connectivity index is 0.000000364. The van der Waals surface area contributed by atoms with Crippen LogP contribution in [-0.4, -0.2) is 54.8 Å². The number of aromatic nitrogens is 4. The van der Waals surface area contributed by atoms with Crippen molar-refractivity contribution in [1.82, 2.24) is 24.5 Å². The van der Waals surface area contributed by atoms with Crippen molar-refractivity contribution in [2.75, 3.05) is 13.1 Å². The van der Waals surface area contributed by atoms with Crippen LogP contribution < -0.4 is 0 Å². The molecule has 1 fully saturated rings. The second-order valence-corrected chi connectivity index (χ2v) is 8.27. The van der Waals surface area contributed by atoms with Crippen molar-refractivity contribution in [2.45, 2.75) is 31.5 Å². The number of hydrogen-bond donors (Lipinski definition) is 1. The fourth-order valence-electron chi connectivity index (χ4n) is 3.97. The Morgan fingerprint density at radius 2 is 1.71 bits per heavy atom. The summed E-state index contributed by atoms with van der Waals surface area (Å²) in [5.41, 5.74) is 4.56. The summed E-state index contributed by atoms with van der Waals surface area (Å²) in [7, 11) is 0. The molecule has 4 heterocycles. The van der Waals surface area contributed by atoms with E-state index in [4.69, 9.17) is 20.0 Å². The number of likely N-dealkylation sites (tertiary alicyclic amines) is 1. The fourth-order valence-corrected chi connectivity index (χ4v) is 3.97. The molecule has 1 saturated heterocycles. The first-order valence-corrected chi connectivity index (χ1v) is 11.1. The Labute approximate surface area is 199 Å². The maximum atomic E-state index is 10.6. The first-order chi connectivity index (χ1) is 16.8. The number of halogens is 3. The van der Waals surface area contributed by atoms with Gasteiger partial charge in [0.1, 0.15) is 0 Å². The van der Waals surface area contributed by atoms with Crippen LogP contribution in [0.3, 0.4) is 0 Å². The van der Waals surface area contributed by atoms with E-state index >= 15 is 0 Å². The predicted octanol–water partition coefficient (Wildman–Crippen LogP) is 4.80. The minimum atomic E-state index is -5.08.